The highest BCUT2D eigenvalue weighted by molar-refractivity contribution is 6.01. The van der Waals surface area contributed by atoms with Crippen molar-refractivity contribution in [3.8, 4) is 23.0 Å². The number of phenolic OH excluding ortho intramolecular Hbond substituents is 1. The largest absolute Gasteiger partial charge is 0.504 e. The van der Waals surface area contributed by atoms with Crippen molar-refractivity contribution in [2.45, 2.75) is 18.9 Å². The third-order valence-electron chi connectivity index (χ3n) is 5.07. The number of fused-ring (bicyclic) bond motifs is 1. The molecular formula is C21H23NO7. The van der Waals surface area contributed by atoms with Crippen molar-refractivity contribution < 1.29 is 34.0 Å². The standard InChI is InChI=1S/C21H23NO7/c1-5-29-15-8-11(6-7-14(15)23)19-18(21(25)26)12-9-16(27-3)17(28-4)10-13(12)20(24)22(19)2/h6-10,18-19,23H,5H2,1-4H3,(H,25,26)/t18-,19-/m1/s1. The van der Waals surface area contributed by atoms with Crippen LogP contribution in [0, 0.1) is 0 Å². The summed E-state index contributed by atoms with van der Waals surface area (Å²) in [5, 5.41) is 20.0. The summed E-state index contributed by atoms with van der Waals surface area (Å²) in [6, 6.07) is 6.83. The Labute approximate surface area is 168 Å². The lowest BCUT2D eigenvalue weighted by Crippen LogP contribution is -2.42. The number of ether oxygens (including phenoxy) is 3. The first-order valence-corrected chi connectivity index (χ1v) is 9.05. The van der Waals surface area contributed by atoms with Gasteiger partial charge in [0.05, 0.1) is 26.9 Å². The second kappa shape index (κ2) is 7.90. The quantitative estimate of drug-likeness (QED) is 0.767. The molecule has 0 radical (unpaired) electrons. The van der Waals surface area contributed by atoms with Crippen LogP contribution in [0.3, 0.4) is 0 Å². The molecule has 2 aromatic carbocycles. The molecule has 2 N–H and O–H groups in total. The minimum absolute atomic E-state index is 0.0564. The van der Waals surface area contributed by atoms with Crippen molar-refractivity contribution in [3.05, 3.63) is 47.0 Å². The van der Waals surface area contributed by atoms with Crippen LogP contribution < -0.4 is 14.2 Å². The molecule has 0 aromatic heterocycles. The van der Waals surface area contributed by atoms with E-state index in [2.05, 4.69) is 0 Å². The number of rotatable bonds is 6. The topological polar surface area (TPSA) is 106 Å². The van der Waals surface area contributed by atoms with E-state index in [0.29, 0.717) is 29.2 Å². The molecule has 3 rings (SSSR count). The predicted molar refractivity (Wildman–Crippen MR) is 104 cm³/mol. The maximum absolute atomic E-state index is 13.1. The van der Waals surface area contributed by atoms with E-state index in [1.165, 1.54) is 37.3 Å². The summed E-state index contributed by atoms with van der Waals surface area (Å²) in [5.41, 5.74) is 1.13. The van der Waals surface area contributed by atoms with Crippen molar-refractivity contribution in [3.63, 3.8) is 0 Å². The number of hydrogen-bond donors (Lipinski definition) is 2. The molecule has 1 heterocycles. The van der Waals surface area contributed by atoms with Gasteiger partial charge in [-0.1, -0.05) is 6.07 Å². The second-order valence-electron chi connectivity index (χ2n) is 6.63. The van der Waals surface area contributed by atoms with Gasteiger partial charge in [0.25, 0.3) is 5.91 Å². The highest BCUT2D eigenvalue weighted by Crippen LogP contribution is 2.46. The van der Waals surface area contributed by atoms with Crippen molar-refractivity contribution in [1.29, 1.82) is 0 Å². The maximum atomic E-state index is 13.1. The fourth-order valence-corrected chi connectivity index (χ4v) is 3.72. The number of phenols is 1. The zero-order valence-corrected chi connectivity index (χ0v) is 16.6. The summed E-state index contributed by atoms with van der Waals surface area (Å²) in [6.45, 7) is 2.11. The van der Waals surface area contributed by atoms with Gasteiger partial charge in [0.2, 0.25) is 0 Å². The minimum Gasteiger partial charge on any atom is -0.504 e. The van der Waals surface area contributed by atoms with Crippen molar-refractivity contribution in [2.24, 2.45) is 0 Å². The zero-order chi connectivity index (χ0) is 21.3. The van der Waals surface area contributed by atoms with Crippen LogP contribution in [0.5, 0.6) is 23.0 Å². The van der Waals surface area contributed by atoms with Gasteiger partial charge in [0.1, 0.15) is 5.92 Å². The van der Waals surface area contributed by atoms with Crippen LogP contribution in [0.2, 0.25) is 0 Å². The van der Waals surface area contributed by atoms with Crippen LogP contribution in [-0.4, -0.2) is 54.9 Å². The molecule has 0 fully saturated rings. The molecule has 0 saturated heterocycles. The van der Waals surface area contributed by atoms with Crippen LogP contribution in [0.15, 0.2) is 30.3 Å². The Morgan fingerprint density at radius 1 is 1.10 bits per heavy atom. The number of carbonyl (C=O) groups is 2. The summed E-state index contributed by atoms with van der Waals surface area (Å²) in [4.78, 5) is 26.7. The number of likely N-dealkylation sites (N-methyl/N-ethyl adjacent to an activating group) is 1. The Bertz CT molecular complexity index is 956. The van der Waals surface area contributed by atoms with E-state index in [1.54, 1.807) is 26.1 Å². The van der Waals surface area contributed by atoms with Crippen LogP contribution >= 0.6 is 0 Å². The maximum Gasteiger partial charge on any atom is 0.313 e. The Morgan fingerprint density at radius 3 is 2.34 bits per heavy atom. The van der Waals surface area contributed by atoms with Crippen molar-refractivity contribution in [2.75, 3.05) is 27.9 Å². The third kappa shape index (κ3) is 3.41. The molecule has 0 unspecified atom stereocenters. The normalized spacial score (nSPS) is 18.2. The van der Waals surface area contributed by atoms with Crippen molar-refractivity contribution >= 4 is 11.9 Å². The van der Waals surface area contributed by atoms with E-state index in [0.717, 1.165) is 0 Å². The lowest BCUT2D eigenvalue weighted by Gasteiger charge is -2.39. The van der Waals surface area contributed by atoms with Crippen LogP contribution in [0.1, 0.15) is 40.4 Å². The van der Waals surface area contributed by atoms with Gasteiger partial charge in [0.15, 0.2) is 23.0 Å². The number of nitrogens with zero attached hydrogens (tertiary/aromatic N) is 1. The highest BCUT2D eigenvalue weighted by Gasteiger charge is 2.44. The molecule has 1 amide bonds. The van der Waals surface area contributed by atoms with E-state index in [4.69, 9.17) is 14.2 Å². The first kappa shape index (κ1) is 20.3. The van der Waals surface area contributed by atoms with Gasteiger partial charge < -0.3 is 29.3 Å². The molecule has 154 valence electrons. The zero-order valence-electron chi connectivity index (χ0n) is 16.6. The monoisotopic (exact) mass is 401 g/mol. The summed E-state index contributed by atoms with van der Waals surface area (Å²) in [7, 11) is 4.45. The molecule has 0 spiro atoms. The van der Waals surface area contributed by atoms with Crippen LogP contribution in [0.4, 0.5) is 0 Å². The van der Waals surface area contributed by atoms with Gasteiger partial charge in [0, 0.05) is 12.6 Å². The minimum atomic E-state index is -1.09. The Balaban J connectivity index is 2.21. The molecule has 2 aromatic rings. The number of methoxy groups -OCH3 is 2. The van der Waals surface area contributed by atoms with E-state index in [-0.39, 0.29) is 23.0 Å². The number of carboxylic acid groups (broad SMARTS) is 1. The summed E-state index contributed by atoms with van der Waals surface area (Å²) in [5.74, 6) is -1.62. The number of hydrogen-bond acceptors (Lipinski definition) is 6. The Kier molecular flexibility index (Phi) is 5.54. The van der Waals surface area contributed by atoms with Gasteiger partial charge in [-0.3, -0.25) is 9.59 Å². The van der Waals surface area contributed by atoms with Crippen LogP contribution in [-0.2, 0) is 4.79 Å². The fourth-order valence-electron chi connectivity index (χ4n) is 3.72. The number of aliphatic carboxylic acids is 1. The molecule has 1 aliphatic heterocycles. The van der Waals surface area contributed by atoms with Gasteiger partial charge in [-0.05, 0) is 42.3 Å². The molecule has 0 bridgehead atoms. The van der Waals surface area contributed by atoms with E-state index in [1.807, 2.05) is 0 Å². The number of aromatic hydroxyl groups is 1. The van der Waals surface area contributed by atoms with Gasteiger partial charge in [-0.2, -0.15) is 0 Å². The smallest absolute Gasteiger partial charge is 0.313 e. The van der Waals surface area contributed by atoms with E-state index < -0.39 is 17.9 Å². The van der Waals surface area contributed by atoms with Crippen LogP contribution in [0.25, 0.3) is 0 Å². The lowest BCUT2D eigenvalue weighted by molar-refractivity contribution is -0.140. The first-order valence-electron chi connectivity index (χ1n) is 9.05. The SMILES string of the molecule is CCOc1cc([C@@H]2[C@H](C(=O)O)c3cc(OC)c(OC)cc3C(=O)N2C)ccc1O. The summed E-state index contributed by atoms with van der Waals surface area (Å²) >= 11 is 0. The molecule has 1 aliphatic rings. The molecule has 0 saturated carbocycles. The molecule has 2 atom stereocenters. The molecule has 8 nitrogen and oxygen atoms in total. The summed E-state index contributed by atoms with van der Waals surface area (Å²) in [6.07, 6.45) is 0. The Hall–Kier alpha value is -3.42. The second-order valence-corrected chi connectivity index (χ2v) is 6.63. The number of carboxylic acids is 1. The number of amides is 1. The summed E-state index contributed by atoms with van der Waals surface area (Å²) < 4.78 is 16.0. The average Bonchev–Trinajstić information content (AvgIpc) is 2.71. The molecular weight excluding hydrogens is 378 g/mol. The first-order chi connectivity index (χ1) is 13.8. The predicted octanol–water partition coefficient (Wildman–Crippen LogP) is 2.80. The van der Waals surface area contributed by atoms with Crippen molar-refractivity contribution in [1.82, 2.24) is 4.90 Å². The van der Waals surface area contributed by atoms with Gasteiger partial charge in [-0.25, -0.2) is 0 Å². The number of benzene rings is 2. The average molecular weight is 401 g/mol. The fraction of sp³-hybridized carbons (Fsp3) is 0.333. The van der Waals surface area contributed by atoms with E-state index in [9.17, 15) is 19.8 Å². The third-order valence-corrected chi connectivity index (χ3v) is 5.07. The Morgan fingerprint density at radius 2 is 1.76 bits per heavy atom. The molecule has 29 heavy (non-hydrogen) atoms. The highest BCUT2D eigenvalue weighted by atomic mass is 16.5. The molecule has 8 heteroatoms. The molecule has 0 aliphatic carbocycles. The lowest BCUT2D eigenvalue weighted by atomic mass is 9.79. The number of carbonyl (C=O) groups excluding carboxylic acids is 1. The van der Waals surface area contributed by atoms with Gasteiger partial charge in [-0.15, -0.1) is 0 Å². The van der Waals surface area contributed by atoms with E-state index >= 15 is 0 Å². The van der Waals surface area contributed by atoms with Gasteiger partial charge >= 0.3 is 5.97 Å².